The van der Waals surface area contributed by atoms with Gasteiger partial charge in [0.1, 0.15) is 0 Å². The van der Waals surface area contributed by atoms with Crippen LogP contribution in [0, 0.1) is 0 Å². The van der Waals surface area contributed by atoms with Crippen molar-refractivity contribution in [1.29, 1.82) is 0 Å². The Morgan fingerprint density at radius 2 is 0.625 bits per heavy atom. The molecule has 0 heterocycles. The van der Waals surface area contributed by atoms with Crippen molar-refractivity contribution in [3.63, 3.8) is 0 Å². The summed E-state index contributed by atoms with van der Waals surface area (Å²) in [5.41, 5.74) is 3.98. The van der Waals surface area contributed by atoms with Gasteiger partial charge in [0.05, 0.1) is 11.4 Å². The van der Waals surface area contributed by atoms with Crippen LogP contribution in [0.25, 0.3) is 0 Å². The normalized spacial score (nSPS) is 11.5. The summed E-state index contributed by atoms with van der Waals surface area (Å²) in [5.74, 6) is 0. The van der Waals surface area contributed by atoms with Crippen LogP contribution in [-0.4, -0.2) is 12.4 Å². The average Bonchev–Trinajstić information content (AvgIpc) is 3.16. The molecule has 0 amide bonds. The molecule has 7 aromatic carbocycles. The molecule has 0 saturated carbocycles. The quantitative estimate of drug-likeness (QED) is 0.104. The number of benzene rings is 7. The maximum Gasteiger partial charge on any atom is 0.0651 e. The van der Waals surface area contributed by atoms with Gasteiger partial charge in [-0.25, -0.2) is 0 Å². The molecule has 48 heavy (non-hydrogen) atoms. The van der Waals surface area contributed by atoms with E-state index in [1.165, 1.54) is 31.8 Å². The molecule has 230 valence electrons. The zero-order valence-electron chi connectivity index (χ0n) is 26.4. The van der Waals surface area contributed by atoms with Gasteiger partial charge in [0.2, 0.25) is 0 Å². The lowest BCUT2D eigenvalue weighted by Gasteiger charge is -2.21. The van der Waals surface area contributed by atoms with Crippen molar-refractivity contribution in [2.75, 3.05) is 0 Å². The van der Waals surface area contributed by atoms with Gasteiger partial charge in [-0.3, -0.25) is 9.98 Å². The van der Waals surface area contributed by atoms with E-state index in [4.69, 9.17) is 9.98 Å². The van der Waals surface area contributed by atoms with Crippen molar-refractivity contribution in [2.24, 2.45) is 9.98 Å². The fraction of sp³-hybridized carbons (Fsp3) is 0. The number of aliphatic imine (C=N–C) groups is 2. The number of nitrogens with zero attached hydrogens (tertiary/aromatic N) is 2. The third-order valence-corrected chi connectivity index (χ3v) is 13.0. The van der Waals surface area contributed by atoms with E-state index in [0.29, 0.717) is 0 Å². The molecule has 7 rings (SSSR count). The minimum atomic E-state index is -0.741. The average molecular weight is 653 g/mol. The van der Waals surface area contributed by atoms with E-state index in [2.05, 4.69) is 170 Å². The van der Waals surface area contributed by atoms with Crippen molar-refractivity contribution in [3.8, 4) is 0 Å². The summed E-state index contributed by atoms with van der Waals surface area (Å²) in [4.78, 5) is 9.92. The zero-order valence-corrected chi connectivity index (χ0v) is 28.2. The standard InChI is InChI=1S/C44H34N2P2/c1-5-22-39(23-6-1)47(40-24-7-2-8-25-40)43-30-15-13-18-35(43)33-45-37-20-17-21-38(32-37)46-34-36-19-14-16-31-44(36)48(41-26-9-3-10-27-41)42-28-11-4-12-29-42/h1-34H. The Kier molecular flexibility index (Phi) is 10.2. The summed E-state index contributed by atoms with van der Waals surface area (Å²) >= 11 is 0. The van der Waals surface area contributed by atoms with Gasteiger partial charge >= 0.3 is 0 Å². The Balaban J connectivity index is 1.19. The Morgan fingerprint density at radius 1 is 0.312 bits per heavy atom. The minimum Gasteiger partial charge on any atom is -0.256 e. The van der Waals surface area contributed by atoms with Crippen LogP contribution in [0.2, 0.25) is 0 Å². The first-order chi connectivity index (χ1) is 23.8. The summed E-state index contributed by atoms with van der Waals surface area (Å²) in [7, 11) is -1.48. The summed E-state index contributed by atoms with van der Waals surface area (Å²) in [6, 6.07) is 68.5. The topological polar surface area (TPSA) is 24.7 Å². The lowest BCUT2D eigenvalue weighted by molar-refractivity contribution is 1.48. The molecule has 0 unspecified atom stereocenters. The van der Waals surface area contributed by atoms with Crippen molar-refractivity contribution in [3.05, 3.63) is 205 Å². The number of hydrogen-bond acceptors (Lipinski definition) is 2. The third-order valence-electron chi connectivity index (χ3n) is 7.95. The van der Waals surface area contributed by atoms with E-state index in [0.717, 1.165) is 22.5 Å². The molecule has 0 spiro atoms. The van der Waals surface area contributed by atoms with Crippen LogP contribution in [0.4, 0.5) is 11.4 Å². The monoisotopic (exact) mass is 652 g/mol. The Morgan fingerprint density at radius 3 is 0.979 bits per heavy atom. The van der Waals surface area contributed by atoms with E-state index in [1.54, 1.807) is 0 Å². The summed E-state index contributed by atoms with van der Waals surface area (Å²) in [6.07, 6.45) is 4.00. The van der Waals surface area contributed by atoms with Crippen LogP contribution in [-0.2, 0) is 0 Å². The van der Waals surface area contributed by atoms with Crippen LogP contribution < -0.4 is 31.8 Å². The van der Waals surface area contributed by atoms with Gasteiger partial charge in [0.25, 0.3) is 0 Å². The molecule has 2 nitrogen and oxygen atoms in total. The molecule has 0 aliphatic rings. The van der Waals surface area contributed by atoms with Gasteiger partial charge in [0, 0.05) is 23.6 Å². The molecule has 0 aliphatic carbocycles. The second kappa shape index (κ2) is 15.6. The maximum atomic E-state index is 4.96. The van der Waals surface area contributed by atoms with Gasteiger partial charge in [-0.2, -0.15) is 0 Å². The van der Waals surface area contributed by atoms with E-state index in [-0.39, 0.29) is 0 Å². The Hall–Kier alpha value is -5.26. The molecule has 0 aromatic heterocycles. The lowest BCUT2D eigenvalue weighted by atomic mass is 10.2. The SMILES string of the molecule is C(=Nc1cccc(N=Cc2ccccc2P(c2ccccc2)c2ccccc2)c1)c1ccccc1P(c1ccccc1)c1ccccc1. The molecule has 4 heteroatoms. The molecule has 0 radical (unpaired) electrons. The van der Waals surface area contributed by atoms with Crippen molar-refractivity contribution in [2.45, 2.75) is 0 Å². The largest absolute Gasteiger partial charge is 0.256 e. The highest BCUT2D eigenvalue weighted by atomic mass is 31.1. The van der Waals surface area contributed by atoms with Gasteiger partial charge in [0.15, 0.2) is 0 Å². The maximum absolute atomic E-state index is 4.96. The van der Waals surface area contributed by atoms with Crippen LogP contribution in [0.1, 0.15) is 11.1 Å². The highest BCUT2D eigenvalue weighted by molar-refractivity contribution is 7.80. The van der Waals surface area contributed by atoms with Crippen molar-refractivity contribution in [1.82, 2.24) is 0 Å². The molecular formula is C44H34N2P2. The molecule has 0 bridgehead atoms. The van der Waals surface area contributed by atoms with Crippen LogP contribution >= 0.6 is 15.8 Å². The first-order valence-corrected chi connectivity index (χ1v) is 18.7. The molecule has 0 atom stereocenters. The van der Waals surface area contributed by atoms with Crippen LogP contribution in [0.5, 0.6) is 0 Å². The minimum absolute atomic E-state index is 0.741. The smallest absolute Gasteiger partial charge is 0.0651 e. The predicted molar refractivity (Wildman–Crippen MR) is 211 cm³/mol. The number of rotatable bonds is 10. The van der Waals surface area contributed by atoms with E-state index < -0.39 is 15.8 Å². The molecule has 0 saturated heterocycles. The zero-order chi connectivity index (χ0) is 32.4. The second-order valence-corrected chi connectivity index (χ2v) is 15.5. The summed E-state index contributed by atoms with van der Waals surface area (Å²) in [6.45, 7) is 0. The van der Waals surface area contributed by atoms with Crippen LogP contribution in [0.3, 0.4) is 0 Å². The predicted octanol–water partition coefficient (Wildman–Crippen LogP) is 8.70. The van der Waals surface area contributed by atoms with Gasteiger partial charge in [-0.05, 0) is 65.9 Å². The van der Waals surface area contributed by atoms with Gasteiger partial charge in [-0.1, -0.05) is 176 Å². The highest BCUT2D eigenvalue weighted by Gasteiger charge is 2.19. The summed E-state index contributed by atoms with van der Waals surface area (Å²) < 4.78 is 0. The fourth-order valence-corrected chi connectivity index (χ4v) is 10.5. The van der Waals surface area contributed by atoms with Crippen LogP contribution in [0.15, 0.2) is 204 Å². The molecule has 7 aromatic rings. The van der Waals surface area contributed by atoms with E-state index in [1.807, 2.05) is 36.7 Å². The van der Waals surface area contributed by atoms with Gasteiger partial charge < -0.3 is 0 Å². The molecule has 0 N–H and O–H groups in total. The van der Waals surface area contributed by atoms with Gasteiger partial charge in [-0.15, -0.1) is 0 Å². The lowest BCUT2D eigenvalue weighted by Crippen LogP contribution is -2.23. The Bertz CT molecular complexity index is 1900. The fourth-order valence-electron chi connectivity index (χ4n) is 5.71. The third kappa shape index (κ3) is 7.48. The molecular weight excluding hydrogens is 618 g/mol. The van der Waals surface area contributed by atoms with E-state index in [9.17, 15) is 0 Å². The molecule has 0 aliphatic heterocycles. The highest BCUT2D eigenvalue weighted by Crippen LogP contribution is 2.35. The number of hydrogen-bond donors (Lipinski definition) is 0. The second-order valence-electron chi connectivity index (χ2n) is 11.2. The van der Waals surface area contributed by atoms with E-state index >= 15 is 0 Å². The Labute approximate surface area is 285 Å². The molecule has 0 fully saturated rings. The summed E-state index contributed by atoms with van der Waals surface area (Å²) in [5, 5.41) is 7.85. The van der Waals surface area contributed by atoms with Crippen molar-refractivity contribution >= 4 is 71.5 Å². The first-order valence-electron chi connectivity index (χ1n) is 16.0. The first kappa shape index (κ1) is 31.3. The van der Waals surface area contributed by atoms with Crippen molar-refractivity contribution < 1.29 is 0 Å².